The summed E-state index contributed by atoms with van der Waals surface area (Å²) in [4.78, 5) is 9.54. The molecule has 0 amide bonds. The molecule has 0 aliphatic heterocycles. The molecule has 0 heterocycles. The molecule has 0 N–H and O–H groups in total. The van der Waals surface area contributed by atoms with Crippen LogP contribution in [0.5, 0.6) is 0 Å². The van der Waals surface area contributed by atoms with Crippen LogP contribution in [0.25, 0.3) is 0 Å². The molecule has 0 fully saturated rings. The van der Waals surface area contributed by atoms with Crippen LogP contribution in [0.2, 0.25) is 0 Å². The molecule has 0 aliphatic carbocycles. The normalized spacial score (nSPS) is 6.00. The summed E-state index contributed by atoms with van der Waals surface area (Å²) < 4.78 is 0.389. The maximum atomic E-state index is 9.54. The first-order valence-corrected chi connectivity index (χ1v) is 4.34. The Labute approximate surface area is 57.5 Å². The zero-order valence-electron chi connectivity index (χ0n) is 2.91. The Balaban J connectivity index is 2.80. The van der Waals surface area contributed by atoms with Crippen LogP contribution in [0, 0.1) is 0 Å². The van der Waals surface area contributed by atoms with Crippen LogP contribution < -0.4 is 0 Å². The Bertz CT molecular complexity index is 29.0. The molecule has 0 aromatic rings. The fourth-order valence-corrected chi connectivity index (χ4v) is 0. The van der Waals surface area contributed by atoms with Gasteiger partial charge in [0, 0.05) is 0 Å². The van der Waals surface area contributed by atoms with Crippen molar-refractivity contribution in [3.8, 4) is 0 Å². The molecule has 0 radical (unpaired) electrons. The Morgan fingerprint density at radius 1 is 2.00 bits per heavy atom. The molecule has 4 heavy (non-hydrogen) atoms. The molecular formula is C2H4BaO. The summed E-state index contributed by atoms with van der Waals surface area (Å²) in [7, 11) is 0. The van der Waals surface area contributed by atoms with Gasteiger partial charge in [0.25, 0.3) is 0 Å². The van der Waals surface area contributed by atoms with Gasteiger partial charge in [-0.2, -0.15) is 0 Å². The average molecular weight is 181 g/mol. The summed E-state index contributed by atoms with van der Waals surface area (Å²) >= 11 is 0.219. The van der Waals surface area contributed by atoms with Crippen molar-refractivity contribution in [3.63, 3.8) is 0 Å². The molecule has 0 bridgehead atoms. The quantitative estimate of drug-likeness (QED) is 0.458. The molecule has 0 atom stereocenters. The van der Waals surface area contributed by atoms with E-state index in [0.717, 1.165) is 0 Å². The first kappa shape index (κ1) is 5.24. The number of carbonyl (C=O) groups is 1. The van der Waals surface area contributed by atoms with Gasteiger partial charge in [0.2, 0.25) is 0 Å². The first-order chi connectivity index (χ1) is 1.73. The summed E-state index contributed by atoms with van der Waals surface area (Å²) in [6.07, 6.45) is 0. The van der Waals surface area contributed by atoms with E-state index in [0.29, 0.717) is 0.251 Å². The van der Waals surface area contributed by atoms with E-state index in [1.54, 1.807) is 6.92 Å². The molecule has 0 aromatic heterocycles. The monoisotopic (exact) mass is 182 g/mol. The topological polar surface area (TPSA) is 17.1 Å². The van der Waals surface area contributed by atoms with Crippen molar-refractivity contribution in [3.05, 3.63) is 0 Å². The molecule has 20 valence electrons. The molecule has 0 saturated carbocycles. The van der Waals surface area contributed by atoms with Gasteiger partial charge in [-0.05, 0) is 0 Å². The maximum absolute atomic E-state index is 9.54. The molecule has 0 rings (SSSR count). The third kappa shape index (κ3) is 10.6. The minimum atomic E-state index is 0.219. The van der Waals surface area contributed by atoms with Gasteiger partial charge >= 0.3 is 58.5 Å². The van der Waals surface area contributed by atoms with E-state index in [4.69, 9.17) is 0 Å². The van der Waals surface area contributed by atoms with Crippen LogP contribution in [0.1, 0.15) is 6.92 Å². The van der Waals surface area contributed by atoms with E-state index < -0.39 is 0 Å². The fourth-order valence-electron chi connectivity index (χ4n) is 0. The van der Waals surface area contributed by atoms with Gasteiger partial charge in [0.05, 0.1) is 0 Å². The summed E-state index contributed by atoms with van der Waals surface area (Å²) in [5, 5.41) is 0. The van der Waals surface area contributed by atoms with Crippen molar-refractivity contribution >= 4 is 46.8 Å². The van der Waals surface area contributed by atoms with E-state index in [2.05, 4.69) is 0 Å². The minimum absolute atomic E-state index is 0.219. The third-order valence-corrected chi connectivity index (χ3v) is 0. The number of hydrogen-bond donors (Lipinski definition) is 0. The molecular weight excluding hydrogens is 177 g/mol. The predicted octanol–water partition coefficient (Wildman–Crippen LogP) is -0.566. The third-order valence-electron chi connectivity index (χ3n) is 0. The zero-order valence-corrected chi connectivity index (χ0v) is 9.19. The molecule has 0 aromatic carbocycles. The number of carbonyl (C=O) groups excluding carboxylic acids is 1. The Hall–Kier alpha value is 1.24. The summed E-state index contributed by atoms with van der Waals surface area (Å²) in [6, 6.07) is 0. The number of hydrogen-bond acceptors (Lipinski definition) is 1. The van der Waals surface area contributed by atoms with Crippen molar-refractivity contribution in [2.75, 3.05) is 0 Å². The number of rotatable bonds is 0. The predicted molar refractivity (Wildman–Crippen MR) is 17.8 cm³/mol. The second-order valence-corrected chi connectivity index (χ2v) is 5.33. The first-order valence-electron chi connectivity index (χ1n) is 1.20. The van der Waals surface area contributed by atoms with Crippen molar-refractivity contribution in [2.24, 2.45) is 0 Å². The van der Waals surface area contributed by atoms with Crippen LogP contribution in [-0.2, 0) is 4.79 Å². The van der Waals surface area contributed by atoms with Crippen LogP contribution in [0.4, 0.5) is 0 Å². The standard InChI is InChI=1S/C2H3O.Ba.H/c1-2-3;;/h1H3;;. The van der Waals surface area contributed by atoms with Gasteiger partial charge in [-0.25, -0.2) is 0 Å². The van der Waals surface area contributed by atoms with E-state index in [9.17, 15) is 4.79 Å². The van der Waals surface area contributed by atoms with Crippen LogP contribution in [0.15, 0.2) is 0 Å². The zero-order chi connectivity index (χ0) is 3.58. The Kier molecular flexibility index (Phi) is 3.25. The SMILES string of the molecule is C[C](=O)[BaH]. The molecule has 0 unspecified atom stereocenters. The van der Waals surface area contributed by atoms with Crippen LogP contribution in [-0.4, -0.2) is 46.8 Å². The van der Waals surface area contributed by atoms with Gasteiger partial charge in [0.1, 0.15) is 0 Å². The van der Waals surface area contributed by atoms with Crippen molar-refractivity contribution in [1.29, 1.82) is 0 Å². The average Bonchev–Trinajstić information content (AvgIpc) is 0.811. The van der Waals surface area contributed by atoms with Crippen LogP contribution in [0.3, 0.4) is 0 Å². The van der Waals surface area contributed by atoms with Crippen molar-refractivity contribution in [1.82, 2.24) is 0 Å². The van der Waals surface area contributed by atoms with Crippen molar-refractivity contribution in [2.45, 2.75) is 6.92 Å². The van der Waals surface area contributed by atoms with Gasteiger partial charge in [0.15, 0.2) is 0 Å². The van der Waals surface area contributed by atoms with E-state index in [1.807, 2.05) is 0 Å². The van der Waals surface area contributed by atoms with Gasteiger partial charge in [-0.1, -0.05) is 0 Å². The Morgan fingerprint density at radius 3 is 2.00 bits per heavy atom. The van der Waals surface area contributed by atoms with Gasteiger partial charge in [-0.3, -0.25) is 0 Å². The molecule has 2 heteroatoms. The molecule has 1 nitrogen and oxygen atoms in total. The van der Waals surface area contributed by atoms with E-state index in [1.165, 1.54) is 0 Å². The summed E-state index contributed by atoms with van der Waals surface area (Å²) in [5.41, 5.74) is 0. The summed E-state index contributed by atoms with van der Waals surface area (Å²) in [6.45, 7) is 1.63. The van der Waals surface area contributed by atoms with Gasteiger partial charge < -0.3 is 0 Å². The Morgan fingerprint density at radius 2 is 2.00 bits per heavy atom. The van der Waals surface area contributed by atoms with E-state index >= 15 is 0 Å². The molecule has 0 spiro atoms. The fraction of sp³-hybridized carbons (Fsp3) is 0.500. The van der Waals surface area contributed by atoms with Crippen LogP contribution >= 0.6 is 0 Å². The van der Waals surface area contributed by atoms with Gasteiger partial charge in [-0.15, -0.1) is 0 Å². The van der Waals surface area contributed by atoms with E-state index in [-0.39, 0.29) is 46.5 Å². The summed E-state index contributed by atoms with van der Waals surface area (Å²) in [5.74, 6) is 0. The molecule has 0 aliphatic rings. The second-order valence-electron chi connectivity index (χ2n) is 0.908. The molecule has 0 saturated heterocycles. The second kappa shape index (κ2) is 2.48. The van der Waals surface area contributed by atoms with Crippen molar-refractivity contribution < 1.29 is 4.79 Å².